The normalized spacial score (nSPS) is 12.4. The van der Waals surface area contributed by atoms with Gasteiger partial charge in [-0.15, -0.1) is 0 Å². The van der Waals surface area contributed by atoms with Crippen LogP contribution >= 0.6 is 0 Å². The van der Waals surface area contributed by atoms with Gasteiger partial charge in [-0.2, -0.15) is 0 Å². The van der Waals surface area contributed by atoms with Gasteiger partial charge in [0.2, 0.25) is 0 Å². The average Bonchev–Trinajstić information content (AvgIpc) is 2.86. The molecule has 2 aromatic rings. The van der Waals surface area contributed by atoms with Crippen LogP contribution in [0.3, 0.4) is 0 Å². The van der Waals surface area contributed by atoms with Crippen molar-refractivity contribution < 1.29 is 29.1 Å². The van der Waals surface area contributed by atoms with Crippen LogP contribution in [0, 0.1) is 0 Å². The van der Waals surface area contributed by atoms with Crippen LogP contribution in [-0.2, 0) is 15.6 Å². The van der Waals surface area contributed by atoms with Crippen molar-refractivity contribution in [3.8, 4) is 23.0 Å². The van der Waals surface area contributed by atoms with Gasteiger partial charge in [-0.1, -0.05) is 63.3 Å². The van der Waals surface area contributed by atoms with Gasteiger partial charge >= 0.3 is 5.97 Å². The molecule has 202 valence electrons. The van der Waals surface area contributed by atoms with Crippen molar-refractivity contribution >= 4 is 16.8 Å². The minimum Gasteiger partial charge on any atom is -0.508 e. The molecule has 0 spiro atoms. The lowest BCUT2D eigenvalue weighted by atomic mass is 10.1. The molecule has 0 aliphatic heterocycles. The summed E-state index contributed by atoms with van der Waals surface area (Å²) in [5.41, 5.74) is 0. The first-order valence-corrected chi connectivity index (χ1v) is 14.3. The Morgan fingerprint density at radius 2 is 1.38 bits per heavy atom. The SMILES string of the molecule is CCCCC/C=C/C/C=C/CCCCCCCC(=O)Oc1cc(O)ccc1S(=O)c1ccc(O)cc1O. The number of ether oxygens (including phenoxy) is 1. The molecule has 0 heterocycles. The molecule has 2 aromatic carbocycles. The van der Waals surface area contributed by atoms with Crippen LogP contribution in [0.1, 0.15) is 84.0 Å². The minimum absolute atomic E-state index is 0.0154. The van der Waals surface area contributed by atoms with Gasteiger partial charge in [0.15, 0.2) is 5.75 Å². The topological polar surface area (TPSA) is 104 Å². The van der Waals surface area contributed by atoms with E-state index >= 15 is 0 Å². The monoisotopic (exact) mass is 528 g/mol. The zero-order valence-corrected chi connectivity index (χ0v) is 22.5. The molecule has 0 radical (unpaired) electrons. The highest BCUT2D eigenvalue weighted by Crippen LogP contribution is 2.34. The molecule has 3 N–H and O–H groups in total. The third-order valence-electron chi connectivity index (χ3n) is 5.82. The van der Waals surface area contributed by atoms with Crippen molar-refractivity contribution in [2.75, 3.05) is 0 Å². The smallest absolute Gasteiger partial charge is 0.311 e. The average molecular weight is 529 g/mol. The van der Waals surface area contributed by atoms with E-state index in [-0.39, 0.29) is 39.2 Å². The lowest BCUT2D eigenvalue weighted by molar-refractivity contribution is -0.134. The second kappa shape index (κ2) is 17.4. The standard InChI is InChI=1S/C30H40O6S/c1-2-3-4-5-6-7-8-9-10-11-12-13-14-15-16-17-30(34)36-27-23-25(32)19-21-29(27)37(35)28-20-18-24(31)22-26(28)33/h6-7,9-10,18-23,31-33H,2-5,8,11-17H2,1H3/b7-6+,10-9+. The first kappa shape index (κ1) is 30.2. The number of benzene rings is 2. The predicted octanol–water partition coefficient (Wildman–Crippen LogP) is 7.69. The zero-order chi connectivity index (χ0) is 26.9. The number of phenolic OH excluding ortho intramolecular Hbond substituents is 3. The number of aromatic hydroxyl groups is 3. The highest BCUT2D eigenvalue weighted by molar-refractivity contribution is 7.85. The van der Waals surface area contributed by atoms with Crippen molar-refractivity contribution in [2.45, 2.75) is 93.8 Å². The Balaban J connectivity index is 1.69. The molecule has 0 saturated heterocycles. The summed E-state index contributed by atoms with van der Waals surface area (Å²) in [5, 5.41) is 29.3. The summed E-state index contributed by atoms with van der Waals surface area (Å²) in [4.78, 5) is 12.6. The lowest BCUT2D eigenvalue weighted by Gasteiger charge is -2.11. The molecule has 2 rings (SSSR count). The quantitative estimate of drug-likeness (QED) is 0.0841. The highest BCUT2D eigenvalue weighted by atomic mass is 32.2. The second-order valence-corrected chi connectivity index (χ2v) is 10.4. The Morgan fingerprint density at radius 1 is 0.784 bits per heavy atom. The fourth-order valence-corrected chi connectivity index (χ4v) is 4.92. The van der Waals surface area contributed by atoms with Crippen LogP contribution in [0.5, 0.6) is 23.0 Å². The van der Waals surface area contributed by atoms with Gasteiger partial charge in [0.1, 0.15) is 17.2 Å². The second-order valence-electron chi connectivity index (χ2n) is 9.01. The number of hydrogen-bond donors (Lipinski definition) is 3. The Kier molecular flexibility index (Phi) is 14.2. The van der Waals surface area contributed by atoms with Gasteiger partial charge in [-0.3, -0.25) is 4.79 Å². The van der Waals surface area contributed by atoms with E-state index in [9.17, 15) is 24.3 Å². The zero-order valence-electron chi connectivity index (χ0n) is 21.7. The molecule has 6 nitrogen and oxygen atoms in total. The summed E-state index contributed by atoms with van der Waals surface area (Å²) in [6, 6.07) is 7.69. The van der Waals surface area contributed by atoms with Crippen LogP contribution in [-0.4, -0.2) is 25.5 Å². The maximum absolute atomic E-state index is 13.0. The van der Waals surface area contributed by atoms with E-state index in [0.717, 1.165) is 44.6 Å². The number of allylic oxidation sites excluding steroid dienone is 4. The predicted molar refractivity (Wildman–Crippen MR) is 148 cm³/mol. The summed E-state index contributed by atoms with van der Waals surface area (Å²) in [6.07, 6.45) is 21.1. The van der Waals surface area contributed by atoms with Gasteiger partial charge in [-0.05, 0) is 62.8 Å². The van der Waals surface area contributed by atoms with E-state index in [1.807, 2.05) is 0 Å². The van der Waals surface area contributed by atoms with E-state index in [1.165, 1.54) is 56.0 Å². The van der Waals surface area contributed by atoms with Gasteiger partial charge in [0.25, 0.3) is 0 Å². The summed E-state index contributed by atoms with van der Waals surface area (Å²) < 4.78 is 18.4. The number of unbranched alkanes of at least 4 members (excludes halogenated alkanes) is 8. The number of rotatable bonds is 17. The minimum atomic E-state index is -1.88. The van der Waals surface area contributed by atoms with Gasteiger partial charge in [0.05, 0.1) is 20.6 Å². The van der Waals surface area contributed by atoms with E-state index in [2.05, 4.69) is 31.2 Å². The molecule has 0 aliphatic carbocycles. The first-order chi connectivity index (χ1) is 17.9. The van der Waals surface area contributed by atoms with Crippen LogP contribution in [0.4, 0.5) is 0 Å². The Hall–Kier alpha value is -3.06. The van der Waals surface area contributed by atoms with Crippen LogP contribution < -0.4 is 4.74 Å². The van der Waals surface area contributed by atoms with E-state index in [4.69, 9.17) is 4.74 Å². The third-order valence-corrected chi connectivity index (χ3v) is 7.31. The molecule has 0 fully saturated rings. The Morgan fingerprint density at radius 3 is 2.05 bits per heavy atom. The molecule has 0 saturated carbocycles. The molecular weight excluding hydrogens is 488 g/mol. The van der Waals surface area contributed by atoms with Gasteiger partial charge < -0.3 is 20.1 Å². The molecule has 0 aromatic heterocycles. The summed E-state index contributed by atoms with van der Waals surface area (Å²) in [5.74, 6) is -1.11. The van der Waals surface area contributed by atoms with Gasteiger partial charge in [-0.25, -0.2) is 4.21 Å². The molecule has 1 unspecified atom stereocenters. The molecule has 7 heteroatoms. The van der Waals surface area contributed by atoms with Gasteiger partial charge in [0, 0.05) is 18.6 Å². The summed E-state index contributed by atoms with van der Waals surface area (Å²) in [7, 11) is -1.88. The lowest BCUT2D eigenvalue weighted by Crippen LogP contribution is -2.09. The van der Waals surface area contributed by atoms with Crippen molar-refractivity contribution in [2.24, 2.45) is 0 Å². The molecule has 37 heavy (non-hydrogen) atoms. The molecule has 0 amide bonds. The van der Waals surface area contributed by atoms with Crippen LogP contribution in [0.25, 0.3) is 0 Å². The van der Waals surface area contributed by atoms with Crippen LogP contribution in [0.2, 0.25) is 0 Å². The van der Waals surface area contributed by atoms with Crippen LogP contribution in [0.15, 0.2) is 70.5 Å². The number of carbonyl (C=O) groups excluding carboxylic acids is 1. The number of phenols is 3. The fourth-order valence-electron chi connectivity index (χ4n) is 3.77. The number of esters is 1. The third kappa shape index (κ3) is 11.7. The Labute approximate surface area is 223 Å². The summed E-state index contributed by atoms with van der Waals surface area (Å²) in [6.45, 7) is 2.22. The summed E-state index contributed by atoms with van der Waals surface area (Å²) >= 11 is 0. The van der Waals surface area contributed by atoms with E-state index in [1.54, 1.807) is 0 Å². The molecule has 1 atom stereocenters. The molecular formula is C30H40O6S. The van der Waals surface area contributed by atoms with E-state index in [0.29, 0.717) is 6.42 Å². The maximum Gasteiger partial charge on any atom is 0.311 e. The molecule has 0 bridgehead atoms. The Bertz CT molecular complexity index is 1060. The highest BCUT2D eigenvalue weighted by Gasteiger charge is 2.19. The first-order valence-electron chi connectivity index (χ1n) is 13.2. The van der Waals surface area contributed by atoms with Crippen molar-refractivity contribution in [1.29, 1.82) is 0 Å². The fraction of sp³-hybridized carbons (Fsp3) is 0.433. The van der Waals surface area contributed by atoms with E-state index < -0.39 is 16.8 Å². The number of hydrogen-bond acceptors (Lipinski definition) is 6. The van der Waals surface area contributed by atoms with Crippen molar-refractivity contribution in [3.05, 3.63) is 60.7 Å². The van der Waals surface area contributed by atoms with Crippen molar-refractivity contribution in [3.63, 3.8) is 0 Å². The number of carbonyl (C=O) groups is 1. The molecule has 0 aliphatic rings. The largest absolute Gasteiger partial charge is 0.508 e. The maximum atomic E-state index is 13.0. The van der Waals surface area contributed by atoms with Crippen molar-refractivity contribution in [1.82, 2.24) is 0 Å².